The van der Waals surface area contributed by atoms with Crippen molar-refractivity contribution in [1.82, 2.24) is 9.13 Å². The Balaban J connectivity index is 2.17. The van der Waals surface area contributed by atoms with Crippen molar-refractivity contribution in [3.63, 3.8) is 0 Å². The summed E-state index contributed by atoms with van der Waals surface area (Å²) in [5, 5.41) is 0. The molecule has 0 amide bonds. The number of rotatable bonds is 8. The molecule has 0 aliphatic heterocycles. The summed E-state index contributed by atoms with van der Waals surface area (Å²) in [6, 6.07) is 7.01. The number of nitrogens with zero attached hydrogens (tertiary/aromatic N) is 2. The lowest BCUT2D eigenvalue weighted by atomic mass is 10.1. The number of anilines is 1. The molecule has 1 aromatic heterocycles. The Labute approximate surface area is 173 Å². The van der Waals surface area contributed by atoms with Gasteiger partial charge in [-0.25, -0.2) is 9.59 Å². The van der Waals surface area contributed by atoms with Crippen LogP contribution in [0, 0.1) is 5.92 Å². The second kappa shape index (κ2) is 9.73. The fourth-order valence-corrected chi connectivity index (χ4v) is 2.75. The summed E-state index contributed by atoms with van der Waals surface area (Å²) in [7, 11) is 2.80. The summed E-state index contributed by atoms with van der Waals surface area (Å²) < 4.78 is 12.0. The fraction of sp³-hybridized carbons (Fsp3) is 0.333. The zero-order chi connectivity index (χ0) is 22.4. The Morgan fingerprint density at radius 2 is 1.93 bits per heavy atom. The van der Waals surface area contributed by atoms with Crippen molar-refractivity contribution in [3.05, 3.63) is 62.3 Å². The number of nitrogens with two attached hydrogens (primary N) is 1. The van der Waals surface area contributed by atoms with Gasteiger partial charge in [0.2, 0.25) is 5.78 Å². The van der Waals surface area contributed by atoms with E-state index in [4.69, 9.17) is 15.2 Å². The van der Waals surface area contributed by atoms with E-state index in [1.54, 1.807) is 24.3 Å². The van der Waals surface area contributed by atoms with E-state index in [-0.39, 0.29) is 23.8 Å². The molecule has 1 heterocycles. The monoisotopic (exact) mass is 415 g/mol. The molecule has 160 valence electrons. The molecule has 0 aliphatic rings. The van der Waals surface area contributed by atoms with Crippen LogP contribution in [-0.2, 0) is 23.1 Å². The average molecular weight is 415 g/mol. The number of methoxy groups -OCH3 is 1. The molecule has 9 heteroatoms. The highest BCUT2D eigenvalue weighted by Gasteiger charge is 2.22. The molecule has 30 heavy (non-hydrogen) atoms. The van der Waals surface area contributed by atoms with Gasteiger partial charge in [0.15, 0.2) is 6.61 Å². The van der Waals surface area contributed by atoms with Crippen LogP contribution in [0.3, 0.4) is 0 Å². The molecule has 9 nitrogen and oxygen atoms in total. The number of Topliss-reactive ketones (excluding diaryl/α,β-unsaturated/α-hetero) is 1. The number of benzene rings is 1. The molecule has 0 bridgehead atoms. The number of esters is 1. The summed E-state index contributed by atoms with van der Waals surface area (Å²) in [4.78, 5) is 49.1. The van der Waals surface area contributed by atoms with Crippen LogP contribution in [0.1, 0.15) is 29.8 Å². The van der Waals surface area contributed by atoms with Crippen LogP contribution in [0.5, 0.6) is 5.75 Å². The predicted molar refractivity (Wildman–Crippen MR) is 113 cm³/mol. The minimum atomic E-state index is -0.828. The highest BCUT2D eigenvalue weighted by atomic mass is 16.5. The lowest BCUT2D eigenvalue weighted by molar-refractivity contribution is -0.136. The number of carbonyl (C=O) groups excluding carboxylic acids is 2. The van der Waals surface area contributed by atoms with Crippen molar-refractivity contribution in [2.45, 2.75) is 20.4 Å². The van der Waals surface area contributed by atoms with Crippen LogP contribution >= 0.6 is 0 Å². The van der Waals surface area contributed by atoms with Crippen LogP contribution < -0.4 is 21.7 Å². The molecule has 2 rings (SSSR count). The molecule has 0 spiro atoms. The van der Waals surface area contributed by atoms with Crippen molar-refractivity contribution in [1.29, 1.82) is 0 Å². The maximum absolute atomic E-state index is 12.5. The van der Waals surface area contributed by atoms with Crippen LogP contribution in [0.2, 0.25) is 0 Å². The number of ketones is 1. The Kier molecular flexibility index (Phi) is 7.35. The van der Waals surface area contributed by atoms with E-state index < -0.39 is 29.6 Å². The van der Waals surface area contributed by atoms with Gasteiger partial charge in [0, 0.05) is 19.7 Å². The zero-order valence-electron chi connectivity index (χ0n) is 17.4. The van der Waals surface area contributed by atoms with Gasteiger partial charge >= 0.3 is 11.7 Å². The first-order valence-corrected chi connectivity index (χ1v) is 9.27. The van der Waals surface area contributed by atoms with E-state index in [9.17, 15) is 19.2 Å². The van der Waals surface area contributed by atoms with Gasteiger partial charge in [-0.15, -0.1) is 0 Å². The maximum atomic E-state index is 12.5. The van der Waals surface area contributed by atoms with E-state index in [1.165, 1.54) is 24.8 Å². The minimum absolute atomic E-state index is 0.0602. The van der Waals surface area contributed by atoms with Crippen LogP contribution in [0.25, 0.3) is 6.08 Å². The number of hydrogen-bond acceptors (Lipinski definition) is 7. The smallest absolute Gasteiger partial charge is 0.332 e. The molecule has 0 radical (unpaired) electrons. The molecule has 0 fully saturated rings. The molecule has 0 unspecified atom stereocenters. The van der Waals surface area contributed by atoms with E-state index in [1.807, 2.05) is 13.8 Å². The molecule has 0 atom stereocenters. The lowest BCUT2D eigenvalue weighted by Crippen LogP contribution is -2.43. The first-order chi connectivity index (χ1) is 14.1. The van der Waals surface area contributed by atoms with Gasteiger partial charge in [-0.2, -0.15) is 0 Å². The van der Waals surface area contributed by atoms with Crippen molar-refractivity contribution in [2.75, 3.05) is 19.5 Å². The van der Waals surface area contributed by atoms with Crippen LogP contribution in [0.15, 0.2) is 39.9 Å². The highest BCUT2D eigenvalue weighted by molar-refractivity contribution is 6.01. The van der Waals surface area contributed by atoms with E-state index in [0.29, 0.717) is 11.3 Å². The first-order valence-electron chi connectivity index (χ1n) is 9.27. The van der Waals surface area contributed by atoms with Gasteiger partial charge < -0.3 is 15.2 Å². The molecule has 0 saturated carbocycles. The Morgan fingerprint density at radius 1 is 1.23 bits per heavy atom. The third-order valence-corrected chi connectivity index (χ3v) is 4.26. The van der Waals surface area contributed by atoms with Gasteiger partial charge in [-0.05, 0) is 29.7 Å². The van der Waals surface area contributed by atoms with Crippen LogP contribution in [0.4, 0.5) is 5.82 Å². The Morgan fingerprint density at radius 3 is 2.57 bits per heavy atom. The third-order valence-electron chi connectivity index (χ3n) is 4.26. The standard InChI is InChI=1S/C21H25N3O6/c1-13(2)11-24-19(22)18(20(27)23(3)21(24)28)16(25)12-30-17(26)9-8-14-6-5-7-15(10-14)29-4/h5-10,13H,11-12,22H2,1-4H3/b9-8+. The number of nitrogen functional groups attached to an aromatic ring is 1. The summed E-state index contributed by atoms with van der Waals surface area (Å²) in [6.45, 7) is 3.30. The first kappa shape index (κ1) is 22.7. The quantitative estimate of drug-likeness (QED) is 0.391. The molecular weight excluding hydrogens is 390 g/mol. The van der Waals surface area contributed by atoms with Crippen molar-refractivity contribution in [2.24, 2.45) is 13.0 Å². The summed E-state index contributed by atoms with van der Waals surface area (Å²) in [6.07, 6.45) is 2.66. The minimum Gasteiger partial charge on any atom is -0.497 e. The largest absolute Gasteiger partial charge is 0.497 e. The predicted octanol–water partition coefficient (Wildman–Crippen LogP) is 1.23. The number of ether oxygens (including phenoxy) is 2. The average Bonchev–Trinajstić information content (AvgIpc) is 2.72. The lowest BCUT2D eigenvalue weighted by Gasteiger charge is -2.16. The number of hydrogen-bond donors (Lipinski definition) is 1. The third kappa shape index (κ3) is 5.25. The zero-order valence-corrected chi connectivity index (χ0v) is 17.4. The summed E-state index contributed by atoms with van der Waals surface area (Å²) >= 11 is 0. The Bertz CT molecular complexity index is 1090. The van der Waals surface area contributed by atoms with Gasteiger partial charge in [-0.1, -0.05) is 26.0 Å². The van der Waals surface area contributed by atoms with E-state index >= 15 is 0 Å². The van der Waals surface area contributed by atoms with E-state index in [2.05, 4.69) is 0 Å². The molecule has 0 saturated heterocycles. The molecule has 2 aromatic rings. The number of aromatic nitrogens is 2. The van der Waals surface area contributed by atoms with Gasteiger partial charge in [0.25, 0.3) is 5.56 Å². The Hall–Kier alpha value is -3.62. The summed E-state index contributed by atoms with van der Waals surface area (Å²) in [5.74, 6) is -1.09. The molecular formula is C21H25N3O6. The fourth-order valence-electron chi connectivity index (χ4n) is 2.75. The normalized spacial score (nSPS) is 11.1. The molecule has 1 aromatic carbocycles. The van der Waals surface area contributed by atoms with Gasteiger partial charge in [-0.3, -0.25) is 18.7 Å². The summed E-state index contributed by atoms with van der Waals surface area (Å²) in [5.41, 5.74) is 4.83. The maximum Gasteiger partial charge on any atom is 0.332 e. The second-order valence-corrected chi connectivity index (χ2v) is 7.05. The van der Waals surface area contributed by atoms with Crippen molar-refractivity contribution in [3.8, 4) is 5.75 Å². The topological polar surface area (TPSA) is 123 Å². The highest BCUT2D eigenvalue weighted by Crippen LogP contribution is 2.14. The second-order valence-electron chi connectivity index (χ2n) is 7.05. The SMILES string of the molecule is COc1cccc(/C=C/C(=O)OCC(=O)c2c(N)n(CC(C)C)c(=O)n(C)c2=O)c1. The van der Waals surface area contributed by atoms with Crippen LogP contribution in [-0.4, -0.2) is 34.6 Å². The van der Waals surface area contributed by atoms with Gasteiger partial charge in [0.1, 0.15) is 17.1 Å². The molecule has 2 N–H and O–H groups in total. The molecule has 0 aliphatic carbocycles. The number of carbonyl (C=O) groups is 2. The van der Waals surface area contributed by atoms with E-state index in [0.717, 1.165) is 10.6 Å². The van der Waals surface area contributed by atoms with Crippen molar-refractivity contribution < 1.29 is 19.1 Å². The van der Waals surface area contributed by atoms with Crippen molar-refractivity contribution >= 4 is 23.6 Å². The van der Waals surface area contributed by atoms with Gasteiger partial charge in [0.05, 0.1) is 7.11 Å².